The predicted molar refractivity (Wildman–Crippen MR) is 108 cm³/mol. The Morgan fingerprint density at radius 3 is 2.67 bits per heavy atom. The summed E-state index contributed by atoms with van der Waals surface area (Å²) in [7, 11) is 0. The van der Waals surface area contributed by atoms with E-state index in [1.807, 2.05) is 45.0 Å². The molecule has 0 aromatic heterocycles. The van der Waals surface area contributed by atoms with E-state index in [0.717, 1.165) is 16.8 Å². The molecule has 140 valence electrons. The number of nitrogens with zero attached hydrogens (tertiary/aromatic N) is 1. The molecule has 0 aliphatic carbocycles. The van der Waals surface area contributed by atoms with E-state index < -0.39 is 11.4 Å². The van der Waals surface area contributed by atoms with E-state index >= 15 is 0 Å². The topological polar surface area (TPSA) is 82.6 Å². The molecule has 0 atom stereocenters. The minimum Gasteiger partial charge on any atom is -0.308 e. The molecule has 3 N–H and O–H groups in total. The molecule has 2 aromatic carbocycles. The monoisotopic (exact) mass is 384 g/mol. The Kier molecular flexibility index (Phi) is 5.19. The fourth-order valence-electron chi connectivity index (χ4n) is 3.00. The molecule has 3 amide bonds. The number of aryl methyl sites for hydroxylation is 1. The number of anilines is 2. The number of halogens is 1. The zero-order valence-electron chi connectivity index (χ0n) is 15.4. The number of nitrogens with one attached hydrogen (secondary N) is 3. The molecule has 27 heavy (non-hydrogen) atoms. The molecule has 1 aliphatic heterocycles. The zero-order valence-corrected chi connectivity index (χ0v) is 16.1. The Morgan fingerprint density at radius 2 is 1.96 bits per heavy atom. The van der Waals surface area contributed by atoms with Crippen molar-refractivity contribution in [2.24, 2.45) is 10.5 Å². The molecule has 0 radical (unpaired) electrons. The van der Waals surface area contributed by atoms with E-state index in [4.69, 9.17) is 11.6 Å². The average molecular weight is 385 g/mol. The van der Waals surface area contributed by atoms with Crippen LogP contribution in [0, 0.1) is 12.3 Å². The van der Waals surface area contributed by atoms with Crippen LogP contribution < -0.4 is 16.1 Å². The summed E-state index contributed by atoms with van der Waals surface area (Å²) in [5, 5.41) is 10.2. The van der Waals surface area contributed by atoms with Crippen LogP contribution in [-0.4, -0.2) is 17.6 Å². The highest BCUT2D eigenvalue weighted by Crippen LogP contribution is 2.30. The third-order valence-electron chi connectivity index (χ3n) is 4.30. The van der Waals surface area contributed by atoms with E-state index in [1.54, 1.807) is 18.2 Å². The number of hydrogen-bond acceptors (Lipinski definition) is 3. The van der Waals surface area contributed by atoms with Crippen LogP contribution in [0.4, 0.5) is 16.2 Å². The fourth-order valence-corrected chi connectivity index (χ4v) is 3.28. The molecule has 0 fully saturated rings. The number of benzene rings is 2. The van der Waals surface area contributed by atoms with Gasteiger partial charge in [0.2, 0.25) is 5.91 Å². The first-order valence-electron chi connectivity index (χ1n) is 8.56. The highest BCUT2D eigenvalue weighted by atomic mass is 35.5. The Bertz CT molecular complexity index is 937. The highest BCUT2D eigenvalue weighted by Gasteiger charge is 2.33. The van der Waals surface area contributed by atoms with Gasteiger partial charge in [-0.2, -0.15) is 5.10 Å². The molecular weight excluding hydrogens is 364 g/mol. The standard InChI is InChI=1S/C20H21ClN4O2/c1-12-7-8-16(15(21)9-12)23-19(27)22-14-6-4-5-13(10-14)18-20(2,3)11-17(26)24-25-18/h4-10H,11H2,1-3H3,(H,24,26)(H2,22,23,27). The van der Waals surface area contributed by atoms with E-state index in [-0.39, 0.29) is 5.91 Å². The number of rotatable bonds is 3. The van der Waals surface area contributed by atoms with Gasteiger partial charge in [-0.1, -0.05) is 43.6 Å². The van der Waals surface area contributed by atoms with Gasteiger partial charge in [-0.05, 0) is 36.8 Å². The third-order valence-corrected chi connectivity index (χ3v) is 4.62. The molecule has 1 heterocycles. The van der Waals surface area contributed by atoms with Gasteiger partial charge in [0, 0.05) is 23.1 Å². The number of hydrazone groups is 1. The third kappa shape index (κ3) is 4.46. The minimum atomic E-state index is -0.393. The molecule has 0 bridgehead atoms. The van der Waals surface area contributed by atoms with Crippen molar-refractivity contribution >= 4 is 40.6 Å². The lowest BCUT2D eigenvalue weighted by Gasteiger charge is -2.29. The van der Waals surface area contributed by atoms with E-state index in [0.29, 0.717) is 22.8 Å². The summed E-state index contributed by atoms with van der Waals surface area (Å²) in [6.45, 7) is 5.87. The van der Waals surface area contributed by atoms with Crippen molar-refractivity contribution < 1.29 is 9.59 Å². The van der Waals surface area contributed by atoms with Gasteiger partial charge in [0.1, 0.15) is 0 Å². The number of urea groups is 1. The van der Waals surface area contributed by atoms with Crippen molar-refractivity contribution in [3.05, 3.63) is 58.6 Å². The van der Waals surface area contributed by atoms with Gasteiger partial charge in [-0.25, -0.2) is 10.2 Å². The Balaban J connectivity index is 1.76. The van der Waals surface area contributed by atoms with Crippen LogP contribution >= 0.6 is 11.6 Å². The molecule has 0 unspecified atom stereocenters. The average Bonchev–Trinajstić information content (AvgIpc) is 2.56. The van der Waals surface area contributed by atoms with Gasteiger partial charge in [0.25, 0.3) is 0 Å². The van der Waals surface area contributed by atoms with Crippen LogP contribution in [0.15, 0.2) is 47.6 Å². The first-order chi connectivity index (χ1) is 12.7. The van der Waals surface area contributed by atoms with Crippen molar-refractivity contribution in [3.63, 3.8) is 0 Å². The Labute approximate surface area is 163 Å². The smallest absolute Gasteiger partial charge is 0.308 e. The molecule has 0 saturated heterocycles. The van der Waals surface area contributed by atoms with Crippen LogP contribution in [0.2, 0.25) is 5.02 Å². The fraction of sp³-hybridized carbons (Fsp3) is 0.250. The minimum absolute atomic E-state index is 0.104. The molecule has 1 aliphatic rings. The second kappa shape index (κ2) is 7.40. The van der Waals surface area contributed by atoms with Crippen LogP contribution in [0.3, 0.4) is 0 Å². The maximum absolute atomic E-state index is 12.3. The van der Waals surface area contributed by atoms with Crippen LogP contribution in [0.25, 0.3) is 0 Å². The van der Waals surface area contributed by atoms with E-state index in [2.05, 4.69) is 21.2 Å². The molecule has 2 aromatic rings. The highest BCUT2D eigenvalue weighted by molar-refractivity contribution is 6.33. The number of carbonyl (C=O) groups excluding carboxylic acids is 2. The molecule has 7 heteroatoms. The quantitative estimate of drug-likeness (QED) is 0.725. The molecule has 0 saturated carbocycles. The first kappa shape index (κ1) is 18.9. The largest absolute Gasteiger partial charge is 0.323 e. The molecule has 0 spiro atoms. The number of amides is 3. The van der Waals surface area contributed by atoms with Gasteiger partial charge in [0.15, 0.2) is 0 Å². The second-order valence-corrected chi connectivity index (χ2v) is 7.61. The Morgan fingerprint density at radius 1 is 1.19 bits per heavy atom. The van der Waals surface area contributed by atoms with Crippen LogP contribution in [0.1, 0.15) is 31.4 Å². The van der Waals surface area contributed by atoms with Gasteiger partial charge < -0.3 is 10.6 Å². The van der Waals surface area contributed by atoms with Gasteiger partial charge in [-0.3, -0.25) is 4.79 Å². The number of hydrogen-bond donors (Lipinski definition) is 3. The predicted octanol–water partition coefficient (Wildman–Crippen LogP) is 4.54. The lowest BCUT2D eigenvalue weighted by atomic mass is 9.79. The van der Waals surface area contributed by atoms with Gasteiger partial charge in [0.05, 0.1) is 16.4 Å². The van der Waals surface area contributed by atoms with Gasteiger partial charge >= 0.3 is 6.03 Å². The van der Waals surface area contributed by atoms with E-state index in [1.165, 1.54) is 0 Å². The van der Waals surface area contributed by atoms with Crippen molar-refractivity contribution in [2.45, 2.75) is 27.2 Å². The van der Waals surface area contributed by atoms with Crippen molar-refractivity contribution in [2.75, 3.05) is 10.6 Å². The van der Waals surface area contributed by atoms with Crippen molar-refractivity contribution in [1.29, 1.82) is 0 Å². The van der Waals surface area contributed by atoms with Crippen molar-refractivity contribution in [3.8, 4) is 0 Å². The molecule has 3 rings (SSSR count). The number of carbonyl (C=O) groups is 2. The SMILES string of the molecule is Cc1ccc(NC(=O)Nc2cccc(C3=NNC(=O)CC3(C)C)c2)c(Cl)c1. The molecule has 6 nitrogen and oxygen atoms in total. The van der Waals surface area contributed by atoms with Gasteiger partial charge in [-0.15, -0.1) is 0 Å². The Hall–Kier alpha value is -2.86. The summed E-state index contributed by atoms with van der Waals surface area (Å²) < 4.78 is 0. The summed E-state index contributed by atoms with van der Waals surface area (Å²) >= 11 is 6.15. The van der Waals surface area contributed by atoms with Crippen molar-refractivity contribution in [1.82, 2.24) is 5.43 Å². The molecular formula is C20H21ClN4O2. The normalized spacial score (nSPS) is 15.6. The van der Waals surface area contributed by atoms with E-state index in [9.17, 15) is 9.59 Å². The van der Waals surface area contributed by atoms with Crippen LogP contribution in [-0.2, 0) is 4.79 Å². The summed E-state index contributed by atoms with van der Waals surface area (Å²) in [6, 6.07) is 12.4. The lowest BCUT2D eigenvalue weighted by molar-refractivity contribution is -0.122. The summed E-state index contributed by atoms with van der Waals surface area (Å²) in [5.74, 6) is -0.104. The van der Waals surface area contributed by atoms with Crippen LogP contribution in [0.5, 0.6) is 0 Å². The second-order valence-electron chi connectivity index (χ2n) is 7.20. The summed E-state index contributed by atoms with van der Waals surface area (Å²) in [6.07, 6.45) is 0.357. The maximum atomic E-state index is 12.3. The first-order valence-corrected chi connectivity index (χ1v) is 8.94. The summed E-state index contributed by atoms with van der Waals surface area (Å²) in [4.78, 5) is 23.9. The zero-order chi connectivity index (χ0) is 19.6. The summed E-state index contributed by atoms with van der Waals surface area (Å²) in [5.41, 5.74) is 5.91. The lowest BCUT2D eigenvalue weighted by Crippen LogP contribution is -2.39. The maximum Gasteiger partial charge on any atom is 0.323 e.